The number of rotatable bonds is 4. The Bertz CT molecular complexity index is 807. The van der Waals surface area contributed by atoms with Crippen LogP contribution in [-0.4, -0.2) is 21.5 Å². The molecule has 0 fully saturated rings. The van der Waals surface area contributed by atoms with Crippen molar-refractivity contribution in [2.75, 3.05) is 5.32 Å². The first-order chi connectivity index (χ1) is 10.9. The topological polar surface area (TPSA) is 67.0 Å². The first kappa shape index (κ1) is 15.0. The Morgan fingerprint density at radius 3 is 2.57 bits per heavy atom. The van der Waals surface area contributed by atoms with Crippen molar-refractivity contribution in [1.82, 2.24) is 9.97 Å². The highest BCUT2D eigenvalue weighted by atomic mass is 19.1. The highest BCUT2D eigenvalue weighted by Crippen LogP contribution is 2.21. The molecule has 2 aromatic carbocycles. The van der Waals surface area contributed by atoms with Crippen LogP contribution < -0.4 is 10.1 Å². The number of halogens is 1. The minimum absolute atomic E-state index is 0.354. The van der Waals surface area contributed by atoms with Gasteiger partial charge in [0, 0.05) is 0 Å². The zero-order valence-corrected chi connectivity index (χ0v) is 12.8. The molecule has 2 N–H and O–H groups in total. The summed E-state index contributed by atoms with van der Waals surface area (Å²) in [4.78, 5) is 19.7. The number of hydrogen-bond acceptors (Lipinski definition) is 3. The van der Waals surface area contributed by atoms with Gasteiger partial charge in [-0.15, -0.1) is 0 Å². The molecule has 0 saturated carbocycles. The largest absolute Gasteiger partial charge is 0.478 e. The van der Waals surface area contributed by atoms with E-state index >= 15 is 0 Å². The van der Waals surface area contributed by atoms with E-state index in [1.54, 1.807) is 13.8 Å². The lowest BCUT2D eigenvalue weighted by atomic mass is 10.1. The predicted molar refractivity (Wildman–Crippen MR) is 85.8 cm³/mol. The Morgan fingerprint density at radius 2 is 1.87 bits per heavy atom. The van der Waals surface area contributed by atoms with Gasteiger partial charge in [-0.2, -0.15) is 0 Å². The fourth-order valence-corrected chi connectivity index (χ4v) is 2.11. The maximum absolute atomic E-state index is 12.9. The van der Waals surface area contributed by atoms with Crippen LogP contribution >= 0.6 is 0 Å². The minimum atomic E-state index is -1.14. The van der Waals surface area contributed by atoms with Crippen LogP contribution in [0.5, 0.6) is 5.75 Å². The number of amides is 1. The van der Waals surface area contributed by atoms with Crippen molar-refractivity contribution in [2.24, 2.45) is 0 Å². The standard InChI is InChI=1S/C17H16FN3O2/c1-17(2,23-12-9-7-11(18)8-10-12)15(22)21-16-19-13-5-3-4-6-14(13)20-16/h3-10H,1-2H3,(H2,19,20,21,22). The van der Waals surface area contributed by atoms with E-state index in [1.165, 1.54) is 24.3 Å². The molecule has 1 aromatic heterocycles. The number of carbonyl (C=O) groups is 1. The normalized spacial score (nSPS) is 11.4. The molecule has 0 aliphatic rings. The Balaban J connectivity index is 1.74. The Kier molecular flexibility index (Phi) is 3.73. The predicted octanol–water partition coefficient (Wildman–Crippen LogP) is 3.50. The summed E-state index contributed by atoms with van der Waals surface area (Å²) in [5.41, 5.74) is 0.455. The van der Waals surface area contributed by atoms with Crippen LogP contribution in [0.25, 0.3) is 11.0 Å². The van der Waals surface area contributed by atoms with E-state index in [2.05, 4.69) is 15.3 Å². The summed E-state index contributed by atoms with van der Waals surface area (Å²) in [5.74, 6) is 0.0471. The highest BCUT2D eigenvalue weighted by molar-refractivity contribution is 5.96. The molecule has 6 heteroatoms. The van der Waals surface area contributed by atoms with E-state index in [0.29, 0.717) is 11.7 Å². The zero-order chi connectivity index (χ0) is 16.4. The van der Waals surface area contributed by atoms with Crippen molar-refractivity contribution >= 4 is 22.9 Å². The summed E-state index contributed by atoms with van der Waals surface area (Å²) in [5, 5.41) is 2.70. The Morgan fingerprint density at radius 1 is 1.17 bits per heavy atom. The maximum Gasteiger partial charge on any atom is 0.270 e. The number of anilines is 1. The molecule has 3 aromatic rings. The number of aromatic nitrogens is 2. The molecule has 0 aliphatic carbocycles. The van der Waals surface area contributed by atoms with Gasteiger partial charge in [-0.25, -0.2) is 9.37 Å². The van der Waals surface area contributed by atoms with Crippen LogP contribution in [0.2, 0.25) is 0 Å². The third kappa shape index (κ3) is 3.31. The average Bonchev–Trinajstić information content (AvgIpc) is 2.91. The number of fused-ring (bicyclic) bond motifs is 1. The zero-order valence-electron chi connectivity index (χ0n) is 12.8. The third-order valence-electron chi connectivity index (χ3n) is 3.35. The monoisotopic (exact) mass is 313 g/mol. The third-order valence-corrected chi connectivity index (χ3v) is 3.35. The van der Waals surface area contributed by atoms with Crippen LogP contribution in [0.3, 0.4) is 0 Å². The van der Waals surface area contributed by atoms with E-state index in [1.807, 2.05) is 24.3 Å². The van der Waals surface area contributed by atoms with E-state index in [-0.39, 0.29) is 11.7 Å². The van der Waals surface area contributed by atoms with Crippen molar-refractivity contribution in [1.29, 1.82) is 0 Å². The molecule has 0 saturated heterocycles. The second-order valence-electron chi connectivity index (χ2n) is 5.62. The SMILES string of the molecule is CC(C)(Oc1ccc(F)cc1)C(=O)Nc1nc2ccccc2[nH]1. The number of ether oxygens (including phenoxy) is 1. The quantitative estimate of drug-likeness (QED) is 0.774. The molecule has 1 amide bonds. The van der Waals surface area contributed by atoms with Gasteiger partial charge in [0.2, 0.25) is 5.95 Å². The number of nitrogens with one attached hydrogen (secondary N) is 2. The molecule has 1 heterocycles. The lowest BCUT2D eigenvalue weighted by molar-refractivity contribution is -0.128. The smallest absolute Gasteiger partial charge is 0.270 e. The number of hydrogen-bond donors (Lipinski definition) is 2. The fourth-order valence-electron chi connectivity index (χ4n) is 2.11. The molecular weight excluding hydrogens is 297 g/mol. The minimum Gasteiger partial charge on any atom is -0.478 e. The molecule has 3 rings (SSSR count). The first-order valence-corrected chi connectivity index (χ1v) is 7.15. The molecule has 0 atom stereocenters. The number of benzene rings is 2. The summed E-state index contributed by atoms with van der Waals surface area (Å²) < 4.78 is 18.6. The summed E-state index contributed by atoms with van der Waals surface area (Å²) in [6.45, 7) is 3.27. The van der Waals surface area contributed by atoms with Gasteiger partial charge in [-0.05, 0) is 50.2 Å². The number of imidazole rings is 1. The number of aromatic amines is 1. The van der Waals surface area contributed by atoms with Gasteiger partial charge < -0.3 is 9.72 Å². The average molecular weight is 313 g/mol. The number of H-pyrrole nitrogens is 1. The van der Waals surface area contributed by atoms with Crippen molar-refractivity contribution < 1.29 is 13.9 Å². The molecule has 0 aliphatic heterocycles. The van der Waals surface area contributed by atoms with Gasteiger partial charge in [0.25, 0.3) is 5.91 Å². The lowest BCUT2D eigenvalue weighted by Crippen LogP contribution is -2.42. The van der Waals surface area contributed by atoms with Crippen molar-refractivity contribution in [3.8, 4) is 5.75 Å². The Hall–Kier alpha value is -2.89. The van der Waals surface area contributed by atoms with E-state index in [9.17, 15) is 9.18 Å². The molecule has 0 radical (unpaired) electrons. The molecule has 0 bridgehead atoms. The van der Waals surface area contributed by atoms with Crippen molar-refractivity contribution in [3.63, 3.8) is 0 Å². The van der Waals surface area contributed by atoms with Crippen LogP contribution in [0.1, 0.15) is 13.8 Å². The molecule has 118 valence electrons. The summed E-state index contributed by atoms with van der Waals surface area (Å²) in [6, 6.07) is 13.0. The van der Waals surface area contributed by atoms with Crippen LogP contribution in [0.4, 0.5) is 10.3 Å². The van der Waals surface area contributed by atoms with Gasteiger partial charge in [0.05, 0.1) is 11.0 Å². The fraction of sp³-hybridized carbons (Fsp3) is 0.176. The van der Waals surface area contributed by atoms with Gasteiger partial charge in [-0.3, -0.25) is 10.1 Å². The second-order valence-corrected chi connectivity index (χ2v) is 5.62. The summed E-state index contributed by atoms with van der Waals surface area (Å²) >= 11 is 0. The van der Waals surface area contributed by atoms with Crippen molar-refractivity contribution in [3.05, 3.63) is 54.3 Å². The van der Waals surface area contributed by atoms with E-state index in [0.717, 1.165) is 11.0 Å². The van der Waals surface area contributed by atoms with Gasteiger partial charge in [0.1, 0.15) is 11.6 Å². The van der Waals surface area contributed by atoms with E-state index in [4.69, 9.17) is 4.74 Å². The first-order valence-electron chi connectivity index (χ1n) is 7.15. The molecule has 0 unspecified atom stereocenters. The summed E-state index contributed by atoms with van der Waals surface area (Å²) in [6.07, 6.45) is 0. The van der Waals surface area contributed by atoms with Crippen LogP contribution in [0.15, 0.2) is 48.5 Å². The van der Waals surface area contributed by atoms with Gasteiger partial charge in [0.15, 0.2) is 5.60 Å². The van der Waals surface area contributed by atoms with E-state index < -0.39 is 5.60 Å². The highest BCUT2D eigenvalue weighted by Gasteiger charge is 2.30. The maximum atomic E-state index is 12.9. The number of nitrogens with zero attached hydrogens (tertiary/aromatic N) is 1. The Labute approximate surface area is 132 Å². The van der Waals surface area contributed by atoms with Crippen LogP contribution in [-0.2, 0) is 4.79 Å². The molecular formula is C17H16FN3O2. The number of carbonyl (C=O) groups excluding carboxylic acids is 1. The van der Waals surface area contributed by atoms with Gasteiger partial charge in [-0.1, -0.05) is 12.1 Å². The lowest BCUT2D eigenvalue weighted by Gasteiger charge is -2.24. The second kappa shape index (κ2) is 5.72. The van der Waals surface area contributed by atoms with Crippen LogP contribution in [0, 0.1) is 5.82 Å². The molecule has 5 nitrogen and oxygen atoms in total. The van der Waals surface area contributed by atoms with Crippen molar-refractivity contribution in [2.45, 2.75) is 19.4 Å². The van der Waals surface area contributed by atoms with Gasteiger partial charge >= 0.3 is 0 Å². The summed E-state index contributed by atoms with van der Waals surface area (Å²) in [7, 11) is 0. The molecule has 0 spiro atoms. The number of para-hydroxylation sites is 2. The molecule has 23 heavy (non-hydrogen) atoms.